The summed E-state index contributed by atoms with van der Waals surface area (Å²) in [6, 6.07) is 1.12. The standard InChI is InChI=1S/C9H4F4N2O/c10-7-1-4-3-14-15-8(16)5(4)2-6(7)9(11,12)13/h1-3H,(H,15,16). The van der Waals surface area contributed by atoms with Gasteiger partial charge >= 0.3 is 6.18 Å². The molecular weight excluding hydrogens is 228 g/mol. The van der Waals surface area contributed by atoms with Crippen molar-refractivity contribution in [1.82, 2.24) is 10.2 Å². The lowest BCUT2D eigenvalue weighted by Crippen LogP contribution is -2.12. The zero-order chi connectivity index (χ0) is 11.9. The van der Waals surface area contributed by atoms with Crippen LogP contribution in [0.2, 0.25) is 0 Å². The normalized spacial score (nSPS) is 12.0. The van der Waals surface area contributed by atoms with Crippen molar-refractivity contribution in [2.75, 3.05) is 0 Å². The van der Waals surface area contributed by atoms with Gasteiger partial charge in [-0.3, -0.25) is 4.79 Å². The number of nitrogens with one attached hydrogen (secondary N) is 1. The minimum absolute atomic E-state index is 0.0225. The topological polar surface area (TPSA) is 45.8 Å². The molecule has 0 fully saturated rings. The second-order valence-electron chi connectivity index (χ2n) is 3.12. The number of nitrogens with zero attached hydrogens (tertiary/aromatic N) is 1. The highest BCUT2D eigenvalue weighted by Gasteiger charge is 2.34. The van der Waals surface area contributed by atoms with Gasteiger partial charge in [-0.2, -0.15) is 18.3 Å². The van der Waals surface area contributed by atoms with Crippen molar-refractivity contribution in [2.24, 2.45) is 0 Å². The predicted octanol–water partition coefficient (Wildman–Crippen LogP) is 2.08. The number of aromatic nitrogens is 2. The van der Waals surface area contributed by atoms with E-state index in [1.807, 2.05) is 5.10 Å². The minimum atomic E-state index is -4.83. The molecule has 1 heterocycles. The fourth-order valence-electron chi connectivity index (χ4n) is 1.33. The number of hydrogen-bond acceptors (Lipinski definition) is 2. The molecular formula is C9H4F4N2O. The van der Waals surface area contributed by atoms with Gasteiger partial charge in [-0.1, -0.05) is 0 Å². The summed E-state index contributed by atoms with van der Waals surface area (Å²) in [4.78, 5) is 11.2. The van der Waals surface area contributed by atoms with Crippen molar-refractivity contribution in [3.63, 3.8) is 0 Å². The van der Waals surface area contributed by atoms with E-state index < -0.39 is 23.1 Å². The molecule has 7 heteroatoms. The second-order valence-corrected chi connectivity index (χ2v) is 3.12. The Hall–Kier alpha value is -1.92. The average molecular weight is 232 g/mol. The second kappa shape index (κ2) is 3.29. The molecule has 0 spiro atoms. The first-order valence-corrected chi connectivity index (χ1v) is 4.14. The van der Waals surface area contributed by atoms with Gasteiger partial charge in [0, 0.05) is 5.39 Å². The molecule has 0 amide bonds. The average Bonchev–Trinajstić information content (AvgIpc) is 2.15. The molecule has 16 heavy (non-hydrogen) atoms. The van der Waals surface area contributed by atoms with Crippen LogP contribution in [-0.2, 0) is 6.18 Å². The molecule has 0 aliphatic carbocycles. The molecule has 2 aromatic rings. The first-order chi connectivity index (χ1) is 7.39. The summed E-state index contributed by atoms with van der Waals surface area (Å²) < 4.78 is 50.1. The summed E-state index contributed by atoms with van der Waals surface area (Å²) in [6.07, 6.45) is -3.74. The highest BCUT2D eigenvalue weighted by molar-refractivity contribution is 5.81. The van der Waals surface area contributed by atoms with E-state index in [9.17, 15) is 22.4 Å². The molecule has 0 bridgehead atoms. The Bertz CT molecular complexity index is 602. The maximum absolute atomic E-state index is 13.1. The Kier molecular flexibility index (Phi) is 2.18. The van der Waals surface area contributed by atoms with Gasteiger partial charge in [0.25, 0.3) is 5.56 Å². The number of hydrogen-bond donors (Lipinski definition) is 1. The van der Waals surface area contributed by atoms with Gasteiger partial charge < -0.3 is 0 Å². The Morgan fingerprint density at radius 3 is 2.56 bits per heavy atom. The Balaban J connectivity index is 2.85. The number of rotatable bonds is 0. The van der Waals surface area contributed by atoms with Crippen molar-refractivity contribution >= 4 is 10.8 Å². The van der Waals surface area contributed by atoms with Gasteiger partial charge in [0.1, 0.15) is 5.82 Å². The zero-order valence-electron chi connectivity index (χ0n) is 7.60. The first-order valence-electron chi connectivity index (χ1n) is 4.14. The molecule has 3 nitrogen and oxygen atoms in total. The highest BCUT2D eigenvalue weighted by atomic mass is 19.4. The fourth-order valence-corrected chi connectivity index (χ4v) is 1.33. The number of benzene rings is 1. The maximum Gasteiger partial charge on any atom is 0.419 e. The van der Waals surface area contributed by atoms with Crippen LogP contribution in [0.15, 0.2) is 23.1 Å². The molecule has 0 radical (unpaired) electrons. The number of H-pyrrole nitrogens is 1. The summed E-state index contributed by atoms with van der Waals surface area (Å²) in [5.41, 5.74) is -2.25. The number of fused-ring (bicyclic) bond motifs is 1. The van der Waals surface area contributed by atoms with E-state index in [1.54, 1.807) is 0 Å². The summed E-state index contributed by atoms with van der Waals surface area (Å²) in [5, 5.41) is 5.11. The van der Waals surface area contributed by atoms with Crippen molar-refractivity contribution in [1.29, 1.82) is 0 Å². The highest BCUT2D eigenvalue weighted by Crippen LogP contribution is 2.32. The molecule has 0 atom stereocenters. The van der Waals surface area contributed by atoms with Crippen LogP contribution in [0, 0.1) is 5.82 Å². The van der Waals surface area contributed by atoms with E-state index in [1.165, 1.54) is 0 Å². The van der Waals surface area contributed by atoms with E-state index in [2.05, 4.69) is 5.10 Å². The smallest absolute Gasteiger partial charge is 0.267 e. The summed E-state index contributed by atoms with van der Waals surface area (Å²) in [6.45, 7) is 0. The van der Waals surface area contributed by atoms with Crippen LogP contribution in [0.5, 0.6) is 0 Å². The predicted molar refractivity (Wildman–Crippen MR) is 47.3 cm³/mol. The third-order valence-electron chi connectivity index (χ3n) is 2.06. The fraction of sp³-hybridized carbons (Fsp3) is 0.111. The molecule has 0 aliphatic rings. The monoisotopic (exact) mass is 232 g/mol. The van der Waals surface area contributed by atoms with Gasteiger partial charge in [0.2, 0.25) is 0 Å². The Labute approximate surface area is 85.7 Å². The van der Waals surface area contributed by atoms with Crippen LogP contribution >= 0.6 is 0 Å². The van der Waals surface area contributed by atoms with Crippen molar-refractivity contribution in [3.05, 3.63) is 40.1 Å². The molecule has 0 saturated carbocycles. The Morgan fingerprint density at radius 1 is 1.25 bits per heavy atom. The van der Waals surface area contributed by atoms with Crippen molar-refractivity contribution in [2.45, 2.75) is 6.18 Å². The number of alkyl halides is 3. The summed E-state index contributed by atoms with van der Waals surface area (Å²) in [7, 11) is 0. The molecule has 2 rings (SSSR count). The molecule has 0 saturated heterocycles. The number of aromatic amines is 1. The van der Waals surface area contributed by atoms with Crippen LogP contribution in [0.25, 0.3) is 10.8 Å². The third kappa shape index (κ3) is 1.64. The van der Waals surface area contributed by atoms with Crippen LogP contribution in [0.4, 0.5) is 17.6 Å². The molecule has 1 N–H and O–H groups in total. The quantitative estimate of drug-likeness (QED) is 0.707. The van der Waals surface area contributed by atoms with E-state index in [-0.39, 0.29) is 10.8 Å². The molecule has 1 aromatic carbocycles. The lowest BCUT2D eigenvalue weighted by molar-refractivity contribution is -0.139. The van der Waals surface area contributed by atoms with E-state index in [0.717, 1.165) is 6.20 Å². The first kappa shape index (κ1) is 10.6. The van der Waals surface area contributed by atoms with Gasteiger partial charge in [-0.25, -0.2) is 9.49 Å². The molecule has 84 valence electrons. The number of halogens is 4. The third-order valence-corrected chi connectivity index (χ3v) is 2.06. The van der Waals surface area contributed by atoms with Crippen LogP contribution in [-0.4, -0.2) is 10.2 Å². The Morgan fingerprint density at radius 2 is 1.94 bits per heavy atom. The maximum atomic E-state index is 13.1. The van der Waals surface area contributed by atoms with Crippen LogP contribution in [0.1, 0.15) is 5.56 Å². The van der Waals surface area contributed by atoms with Crippen molar-refractivity contribution < 1.29 is 17.6 Å². The van der Waals surface area contributed by atoms with Gasteiger partial charge in [0.15, 0.2) is 0 Å². The summed E-state index contributed by atoms with van der Waals surface area (Å²) >= 11 is 0. The zero-order valence-corrected chi connectivity index (χ0v) is 7.60. The van der Waals surface area contributed by atoms with Gasteiger partial charge in [0.05, 0.1) is 17.1 Å². The lowest BCUT2D eigenvalue weighted by atomic mass is 10.1. The van der Waals surface area contributed by atoms with Gasteiger partial charge in [-0.15, -0.1) is 0 Å². The minimum Gasteiger partial charge on any atom is -0.267 e. The molecule has 0 aliphatic heterocycles. The van der Waals surface area contributed by atoms with Crippen LogP contribution in [0.3, 0.4) is 0 Å². The molecule has 0 unspecified atom stereocenters. The van der Waals surface area contributed by atoms with E-state index in [4.69, 9.17) is 0 Å². The SMILES string of the molecule is O=c1[nH]ncc2cc(F)c(C(F)(F)F)cc12. The van der Waals surface area contributed by atoms with E-state index in [0.29, 0.717) is 12.1 Å². The van der Waals surface area contributed by atoms with Crippen LogP contribution < -0.4 is 5.56 Å². The van der Waals surface area contributed by atoms with Crippen molar-refractivity contribution in [3.8, 4) is 0 Å². The van der Waals surface area contributed by atoms with Gasteiger partial charge in [-0.05, 0) is 12.1 Å². The largest absolute Gasteiger partial charge is 0.419 e. The molecule has 1 aromatic heterocycles. The lowest BCUT2D eigenvalue weighted by Gasteiger charge is -2.08. The summed E-state index contributed by atoms with van der Waals surface area (Å²) in [5.74, 6) is -1.42. The van der Waals surface area contributed by atoms with E-state index >= 15 is 0 Å².